The first-order chi connectivity index (χ1) is 6.81. The Labute approximate surface area is 82.4 Å². The number of ether oxygens (including phenoxy) is 1. The van der Waals surface area contributed by atoms with E-state index in [4.69, 9.17) is 4.74 Å². The van der Waals surface area contributed by atoms with Gasteiger partial charge in [-0.15, -0.1) is 0 Å². The molecule has 1 aliphatic heterocycles. The molecule has 1 aliphatic rings. The van der Waals surface area contributed by atoms with Crippen LogP contribution in [0.4, 0.5) is 5.69 Å². The van der Waals surface area contributed by atoms with Crippen LogP contribution < -0.4 is 10.1 Å². The highest BCUT2D eigenvalue weighted by Crippen LogP contribution is 2.28. The minimum atomic E-state index is -0.442. The van der Waals surface area contributed by atoms with Crippen LogP contribution in [-0.2, 0) is 4.79 Å². The average molecular weight is 189 g/mol. The minimum absolute atomic E-state index is 0.0907. The lowest BCUT2D eigenvalue weighted by molar-refractivity contribution is -0.120. The van der Waals surface area contributed by atoms with E-state index in [0.29, 0.717) is 6.54 Å². The van der Waals surface area contributed by atoms with Crippen LogP contribution in [-0.4, -0.2) is 18.4 Å². The van der Waals surface area contributed by atoms with Crippen LogP contribution in [0.1, 0.15) is 0 Å². The lowest BCUT2D eigenvalue weighted by Crippen LogP contribution is -2.36. The van der Waals surface area contributed by atoms with Gasteiger partial charge in [0.25, 0.3) is 0 Å². The maximum Gasteiger partial charge on any atom is 0.197 e. The fraction of sp³-hybridized carbons (Fsp3) is 0.182. The first-order valence-electron chi connectivity index (χ1n) is 4.47. The molecule has 0 fully saturated rings. The number of fused-ring (bicyclic) bond motifs is 1. The van der Waals surface area contributed by atoms with E-state index in [-0.39, 0.29) is 5.78 Å². The van der Waals surface area contributed by atoms with Crippen molar-refractivity contribution in [2.75, 3.05) is 11.9 Å². The van der Waals surface area contributed by atoms with Crippen LogP contribution in [0.5, 0.6) is 5.75 Å². The Balaban J connectivity index is 2.21. The third-order valence-electron chi connectivity index (χ3n) is 2.15. The van der Waals surface area contributed by atoms with Gasteiger partial charge in [-0.1, -0.05) is 18.7 Å². The third kappa shape index (κ3) is 1.48. The van der Waals surface area contributed by atoms with Crippen LogP contribution in [0.25, 0.3) is 0 Å². The molecule has 1 heterocycles. The van der Waals surface area contributed by atoms with Gasteiger partial charge in [0.2, 0.25) is 0 Å². The molecule has 3 heteroatoms. The van der Waals surface area contributed by atoms with Gasteiger partial charge in [0.1, 0.15) is 5.75 Å². The van der Waals surface area contributed by atoms with Crippen molar-refractivity contribution < 1.29 is 9.53 Å². The highest BCUT2D eigenvalue weighted by Gasteiger charge is 2.22. The van der Waals surface area contributed by atoms with Crippen LogP contribution in [0.2, 0.25) is 0 Å². The highest BCUT2D eigenvalue weighted by atomic mass is 16.5. The van der Waals surface area contributed by atoms with E-state index < -0.39 is 6.10 Å². The summed E-state index contributed by atoms with van der Waals surface area (Å²) in [6, 6.07) is 7.56. The number of rotatable bonds is 2. The Morgan fingerprint density at radius 2 is 2.36 bits per heavy atom. The molecule has 0 amide bonds. The molecular weight excluding hydrogens is 178 g/mol. The Morgan fingerprint density at radius 3 is 3.14 bits per heavy atom. The van der Waals surface area contributed by atoms with E-state index in [0.717, 1.165) is 11.4 Å². The summed E-state index contributed by atoms with van der Waals surface area (Å²) >= 11 is 0. The summed E-state index contributed by atoms with van der Waals surface area (Å²) < 4.78 is 5.50. The zero-order valence-electron chi connectivity index (χ0n) is 7.69. The molecule has 1 aromatic rings. The van der Waals surface area contributed by atoms with Gasteiger partial charge in [-0.05, 0) is 18.2 Å². The number of carbonyl (C=O) groups excluding carboxylic acids is 1. The van der Waals surface area contributed by atoms with E-state index in [2.05, 4.69) is 11.9 Å². The van der Waals surface area contributed by atoms with Gasteiger partial charge >= 0.3 is 0 Å². The fourth-order valence-electron chi connectivity index (χ4n) is 1.40. The predicted molar refractivity (Wildman–Crippen MR) is 54.6 cm³/mol. The monoisotopic (exact) mass is 189 g/mol. The number of benzene rings is 1. The summed E-state index contributed by atoms with van der Waals surface area (Å²) in [5.74, 6) is 0.631. The van der Waals surface area contributed by atoms with Crippen molar-refractivity contribution in [3.63, 3.8) is 0 Å². The molecule has 0 aliphatic carbocycles. The highest BCUT2D eigenvalue weighted by molar-refractivity contribution is 5.94. The summed E-state index contributed by atoms with van der Waals surface area (Å²) in [7, 11) is 0. The van der Waals surface area contributed by atoms with E-state index in [9.17, 15) is 4.79 Å². The van der Waals surface area contributed by atoms with Gasteiger partial charge in [0.05, 0.1) is 12.2 Å². The molecule has 3 nitrogen and oxygen atoms in total. The number of anilines is 1. The lowest BCUT2D eigenvalue weighted by Gasteiger charge is -2.25. The van der Waals surface area contributed by atoms with Crippen molar-refractivity contribution in [1.29, 1.82) is 0 Å². The molecule has 0 spiro atoms. The largest absolute Gasteiger partial charge is 0.478 e. The topological polar surface area (TPSA) is 38.3 Å². The van der Waals surface area contributed by atoms with E-state index in [1.165, 1.54) is 6.08 Å². The lowest BCUT2D eigenvalue weighted by atomic mass is 10.1. The predicted octanol–water partition coefficient (Wildman–Crippen LogP) is 1.61. The number of ketones is 1. The molecule has 0 radical (unpaired) electrons. The van der Waals surface area contributed by atoms with Crippen molar-refractivity contribution in [2.24, 2.45) is 0 Å². The molecule has 1 aromatic carbocycles. The third-order valence-corrected chi connectivity index (χ3v) is 2.15. The average Bonchev–Trinajstić information content (AvgIpc) is 2.27. The summed E-state index contributed by atoms with van der Waals surface area (Å²) in [5, 5.41) is 3.13. The molecule has 14 heavy (non-hydrogen) atoms. The molecule has 0 bridgehead atoms. The second-order valence-corrected chi connectivity index (χ2v) is 3.09. The number of hydrogen-bond donors (Lipinski definition) is 1. The number of nitrogens with one attached hydrogen (secondary N) is 1. The van der Waals surface area contributed by atoms with Crippen molar-refractivity contribution >= 4 is 11.5 Å². The van der Waals surface area contributed by atoms with Crippen LogP contribution in [0, 0.1) is 0 Å². The first-order valence-corrected chi connectivity index (χ1v) is 4.47. The molecule has 0 saturated heterocycles. The number of carbonyl (C=O) groups is 1. The van der Waals surface area contributed by atoms with E-state index in [1.807, 2.05) is 24.3 Å². The second kappa shape index (κ2) is 3.54. The smallest absolute Gasteiger partial charge is 0.197 e. The SMILES string of the molecule is C=CC(=O)C1CNc2ccccc2O1. The second-order valence-electron chi connectivity index (χ2n) is 3.09. The Hall–Kier alpha value is -1.77. The van der Waals surface area contributed by atoms with Gasteiger partial charge in [-0.25, -0.2) is 0 Å². The number of hydrogen-bond acceptors (Lipinski definition) is 3. The number of para-hydroxylation sites is 2. The summed E-state index contributed by atoms with van der Waals surface area (Å²) in [4.78, 5) is 11.3. The fourth-order valence-corrected chi connectivity index (χ4v) is 1.40. The van der Waals surface area contributed by atoms with Crippen molar-refractivity contribution in [3.8, 4) is 5.75 Å². The minimum Gasteiger partial charge on any atom is -0.478 e. The van der Waals surface area contributed by atoms with Crippen molar-refractivity contribution in [2.45, 2.75) is 6.10 Å². The zero-order valence-corrected chi connectivity index (χ0v) is 7.69. The maximum absolute atomic E-state index is 11.3. The molecule has 1 N–H and O–H groups in total. The van der Waals surface area contributed by atoms with Crippen LogP contribution in [0.15, 0.2) is 36.9 Å². The van der Waals surface area contributed by atoms with Gasteiger partial charge in [0, 0.05) is 0 Å². The van der Waals surface area contributed by atoms with Crippen LogP contribution >= 0.6 is 0 Å². The van der Waals surface area contributed by atoms with Gasteiger partial charge in [0.15, 0.2) is 11.9 Å². The Bertz CT molecular complexity index is 373. The van der Waals surface area contributed by atoms with E-state index >= 15 is 0 Å². The summed E-state index contributed by atoms with van der Waals surface area (Å²) in [6.45, 7) is 3.94. The molecule has 1 unspecified atom stereocenters. The maximum atomic E-state index is 11.3. The molecule has 1 atom stereocenters. The molecule has 2 rings (SSSR count). The normalized spacial score (nSPS) is 18.7. The Kier molecular flexibility index (Phi) is 2.23. The molecule has 0 saturated carbocycles. The molecule has 72 valence electrons. The van der Waals surface area contributed by atoms with E-state index in [1.54, 1.807) is 0 Å². The van der Waals surface area contributed by atoms with Gasteiger partial charge < -0.3 is 10.1 Å². The summed E-state index contributed by atoms with van der Waals surface area (Å²) in [6.07, 6.45) is 0.850. The zero-order chi connectivity index (χ0) is 9.97. The summed E-state index contributed by atoms with van der Waals surface area (Å²) in [5.41, 5.74) is 0.931. The standard InChI is InChI=1S/C11H11NO2/c1-2-9(13)11-7-12-8-5-3-4-6-10(8)14-11/h2-6,11-12H,1,7H2. The van der Waals surface area contributed by atoms with Gasteiger partial charge in [-0.3, -0.25) is 4.79 Å². The van der Waals surface area contributed by atoms with Crippen molar-refractivity contribution in [3.05, 3.63) is 36.9 Å². The van der Waals surface area contributed by atoms with Gasteiger partial charge in [-0.2, -0.15) is 0 Å². The Morgan fingerprint density at radius 1 is 1.57 bits per heavy atom. The first kappa shape index (κ1) is 8.81. The molecular formula is C11H11NO2. The van der Waals surface area contributed by atoms with Crippen molar-refractivity contribution in [1.82, 2.24) is 0 Å². The molecule has 0 aromatic heterocycles. The quantitative estimate of drug-likeness (QED) is 0.718. The van der Waals surface area contributed by atoms with Crippen LogP contribution in [0.3, 0.4) is 0 Å².